The lowest BCUT2D eigenvalue weighted by Gasteiger charge is -2.41. The van der Waals surface area contributed by atoms with Gasteiger partial charge in [-0.15, -0.1) is 0 Å². The van der Waals surface area contributed by atoms with Crippen LogP contribution in [-0.2, 0) is 10.8 Å². The molecule has 3 rings (SSSR count). The van der Waals surface area contributed by atoms with Crippen molar-refractivity contribution in [3.63, 3.8) is 0 Å². The third-order valence-electron chi connectivity index (χ3n) is 5.26. The maximum Gasteiger partial charge on any atom is 0.0252 e. The van der Waals surface area contributed by atoms with E-state index in [0.29, 0.717) is 0 Å². The molecular weight excluding hydrogens is 276 g/mol. The zero-order valence-electron chi connectivity index (χ0n) is 15.0. The molecule has 1 aliphatic carbocycles. The Labute approximate surface area is 140 Å². The van der Waals surface area contributed by atoms with Crippen molar-refractivity contribution in [2.75, 3.05) is 0 Å². The highest BCUT2D eigenvalue weighted by atomic mass is 14.4. The fraction of sp³-hybridized carbons (Fsp3) is 0.391. The summed E-state index contributed by atoms with van der Waals surface area (Å²) in [6.07, 6.45) is 2.49. The van der Waals surface area contributed by atoms with Gasteiger partial charge in [0.15, 0.2) is 0 Å². The van der Waals surface area contributed by atoms with Crippen LogP contribution in [0.4, 0.5) is 0 Å². The predicted octanol–water partition coefficient (Wildman–Crippen LogP) is 5.74. The van der Waals surface area contributed by atoms with Gasteiger partial charge < -0.3 is 0 Å². The van der Waals surface area contributed by atoms with Crippen LogP contribution in [0.15, 0.2) is 42.5 Å². The molecule has 0 fully saturated rings. The van der Waals surface area contributed by atoms with Crippen molar-refractivity contribution in [2.24, 2.45) is 0 Å². The van der Waals surface area contributed by atoms with Crippen molar-refractivity contribution in [1.82, 2.24) is 0 Å². The van der Waals surface area contributed by atoms with Crippen LogP contribution < -0.4 is 0 Å². The van der Waals surface area contributed by atoms with Gasteiger partial charge in [-0.2, -0.15) is 0 Å². The average Bonchev–Trinajstić information content (AvgIpc) is 2.51. The lowest BCUT2D eigenvalue weighted by atomic mass is 9.63. The molecular formula is C23H26. The third-order valence-corrected chi connectivity index (χ3v) is 5.26. The molecule has 0 amide bonds. The molecule has 118 valence electrons. The fourth-order valence-electron chi connectivity index (χ4n) is 3.45. The van der Waals surface area contributed by atoms with Crippen LogP contribution >= 0.6 is 0 Å². The summed E-state index contributed by atoms with van der Waals surface area (Å²) in [5, 5.41) is 0. The minimum Gasteiger partial charge on any atom is -0.0617 e. The van der Waals surface area contributed by atoms with Gasteiger partial charge in [0, 0.05) is 11.1 Å². The Kier molecular flexibility index (Phi) is 3.85. The molecule has 0 aromatic heterocycles. The molecule has 0 atom stereocenters. The second-order valence-electron chi connectivity index (χ2n) is 8.14. The number of aryl methyl sites for hydroxylation is 1. The largest absolute Gasteiger partial charge is 0.0617 e. The first-order valence-electron chi connectivity index (χ1n) is 8.52. The van der Waals surface area contributed by atoms with Crippen molar-refractivity contribution in [3.8, 4) is 11.8 Å². The van der Waals surface area contributed by atoms with Crippen LogP contribution in [0.3, 0.4) is 0 Å². The summed E-state index contributed by atoms with van der Waals surface area (Å²) < 4.78 is 0. The van der Waals surface area contributed by atoms with Gasteiger partial charge in [-0.1, -0.05) is 63.3 Å². The summed E-state index contributed by atoms with van der Waals surface area (Å²) >= 11 is 0. The Hall–Kier alpha value is -2.00. The molecule has 0 radical (unpaired) electrons. The number of rotatable bonds is 0. The molecule has 0 saturated carbocycles. The average molecular weight is 302 g/mol. The van der Waals surface area contributed by atoms with E-state index in [9.17, 15) is 0 Å². The minimum atomic E-state index is 0.242. The molecule has 0 N–H and O–H groups in total. The van der Waals surface area contributed by atoms with Crippen molar-refractivity contribution >= 4 is 0 Å². The molecule has 0 spiro atoms. The highest BCUT2D eigenvalue weighted by Gasteiger charge is 2.36. The van der Waals surface area contributed by atoms with E-state index >= 15 is 0 Å². The lowest BCUT2D eigenvalue weighted by Crippen LogP contribution is -2.33. The fourth-order valence-corrected chi connectivity index (χ4v) is 3.45. The van der Waals surface area contributed by atoms with Gasteiger partial charge in [-0.05, 0) is 66.0 Å². The molecule has 2 aromatic carbocycles. The van der Waals surface area contributed by atoms with Crippen LogP contribution in [-0.4, -0.2) is 0 Å². The topological polar surface area (TPSA) is 0 Å². The van der Waals surface area contributed by atoms with Crippen LogP contribution in [0, 0.1) is 18.8 Å². The first-order chi connectivity index (χ1) is 10.8. The Morgan fingerprint density at radius 1 is 0.696 bits per heavy atom. The Bertz CT molecular complexity index is 777. The van der Waals surface area contributed by atoms with Crippen LogP contribution in [0.1, 0.15) is 68.4 Å². The summed E-state index contributed by atoms with van der Waals surface area (Å²) in [7, 11) is 0. The van der Waals surface area contributed by atoms with Crippen LogP contribution in [0.5, 0.6) is 0 Å². The van der Waals surface area contributed by atoms with E-state index in [0.717, 1.165) is 11.1 Å². The second kappa shape index (κ2) is 5.57. The monoisotopic (exact) mass is 302 g/mol. The summed E-state index contributed by atoms with van der Waals surface area (Å²) in [4.78, 5) is 0. The number of benzene rings is 2. The van der Waals surface area contributed by atoms with Gasteiger partial charge in [0.05, 0.1) is 0 Å². The summed E-state index contributed by atoms with van der Waals surface area (Å²) in [6.45, 7) is 11.5. The van der Waals surface area contributed by atoms with E-state index in [1.54, 1.807) is 0 Å². The maximum absolute atomic E-state index is 3.35. The zero-order valence-corrected chi connectivity index (χ0v) is 15.0. The molecule has 23 heavy (non-hydrogen) atoms. The maximum atomic E-state index is 3.35. The van der Waals surface area contributed by atoms with Gasteiger partial charge in [0.2, 0.25) is 0 Å². The van der Waals surface area contributed by atoms with Crippen LogP contribution in [0.25, 0.3) is 0 Å². The normalized spacial score (nSPS) is 17.8. The molecule has 0 unspecified atom stereocenters. The third kappa shape index (κ3) is 3.20. The summed E-state index contributed by atoms with van der Waals surface area (Å²) in [5.74, 6) is 6.64. The molecule has 0 saturated heterocycles. The highest BCUT2D eigenvalue weighted by Crippen LogP contribution is 2.45. The Morgan fingerprint density at radius 3 is 1.87 bits per heavy atom. The molecule has 0 heteroatoms. The van der Waals surface area contributed by atoms with Crippen molar-refractivity contribution < 1.29 is 0 Å². The number of hydrogen-bond acceptors (Lipinski definition) is 0. The zero-order chi connectivity index (χ0) is 16.7. The molecule has 0 heterocycles. The lowest BCUT2D eigenvalue weighted by molar-refractivity contribution is 0.332. The van der Waals surface area contributed by atoms with E-state index in [-0.39, 0.29) is 10.8 Å². The first-order valence-corrected chi connectivity index (χ1v) is 8.52. The molecule has 0 nitrogen and oxygen atoms in total. The Morgan fingerprint density at radius 2 is 1.22 bits per heavy atom. The van der Waals surface area contributed by atoms with E-state index < -0.39 is 0 Å². The van der Waals surface area contributed by atoms with Crippen LogP contribution in [0.2, 0.25) is 0 Å². The first kappa shape index (κ1) is 15.9. The SMILES string of the molecule is Cc1ccc(C#Cc2ccc3c(c2)C(C)(C)CCC3(C)C)cc1. The predicted molar refractivity (Wildman–Crippen MR) is 98.9 cm³/mol. The molecule has 1 aliphatic rings. The molecule has 2 aromatic rings. The minimum absolute atomic E-state index is 0.242. The van der Waals surface area contributed by atoms with Gasteiger partial charge in [-0.3, -0.25) is 0 Å². The van der Waals surface area contributed by atoms with Crippen molar-refractivity contribution in [1.29, 1.82) is 0 Å². The quantitative estimate of drug-likeness (QED) is 0.544. The second-order valence-corrected chi connectivity index (χ2v) is 8.14. The number of hydrogen-bond donors (Lipinski definition) is 0. The van der Waals surface area contributed by atoms with E-state index in [4.69, 9.17) is 0 Å². The van der Waals surface area contributed by atoms with Gasteiger partial charge in [-0.25, -0.2) is 0 Å². The molecule has 0 aliphatic heterocycles. The summed E-state index contributed by atoms with van der Waals surface area (Å²) in [5.41, 5.74) is 6.95. The van der Waals surface area contributed by atoms with Gasteiger partial charge in [0.1, 0.15) is 0 Å². The van der Waals surface area contributed by atoms with E-state index in [2.05, 4.69) is 88.9 Å². The molecule has 0 bridgehead atoms. The summed E-state index contributed by atoms with van der Waals surface area (Å²) in [6, 6.07) is 15.2. The Balaban J connectivity index is 1.99. The highest BCUT2D eigenvalue weighted by molar-refractivity contribution is 5.50. The standard InChI is InChI=1S/C23H26/c1-17-6-8-18(9-7-17)10-11-19-12-13-20-21(16-19)23(4,5)15-14-22(20,2)3/h6-9,12-13,16H,14-15H2,1-5H3. The van der Waals surface area contributed by atoms with E-state index in [1.165, 1.54) is 29.5 Å². The van der Waals surface area contributed by atoms with Gasteiger partial charge >= 0.3 is 0 Å². The van der Waals surface area contributed by atoms with Gasteiger partial charge in [0.25, 0.3) is 0 Å². The number of fused-ring (bicyclic) bond motifs is 1. The smallest absolute Gasteiger partial charge is 0.0252 e. The van der Waals surface area contributed by atoms with E-state index in [1.807, 2.05) is 0 Å². The van der Waals surface area contributed by atoms with Crippen molar-refractivity contribution in [2.45, 2.75) is 58.3 Å². The van der Waals surface area contributed by atoms with Crippen molar-refractivity contribution in [3.05, 3.63) is 70.3 Å².